The molecule has 1 aromatic rings. The van der Waals surface area contributed by atoms with E-state index in [0.717, 1.165) is 0 Å². The molecule has 2 aliphatic heterocycles. The summed E-state index contributed by atoms with van der Waals surface area (Å²) in [6.45, 7) is 5.03. The molecule has 0 spiro atoms. The van der Waals surface area contributed by atoms with E-state index in [2.05, 4.69) is 5.32 Å². The number of carbonyl (C=O) groups is 2. The highest BCUT2D eigenvalue weighted by molar-refractivity contribution is 6.15. The number of esters is 2. The molecule has 134 valence electrons. The van der Waals surface area contributed by atoms with Crippen LogP contribution >= 0.6 is 0 Å². The number of carbonyl (C=O) groups excluding carboxylic acids is 2. The van der Waals surface area contributed by atoms with E-state index >= 15 is 0 Å². The minimum atomic E-state index is -1.30. The van der Waals surface area contributed by atoms with Crippen LogP contribution in [0.3, 0.4) is 0 Å². The smallest absolute Gasteiger partial charge is 0.350 e. The van der Waals surface area contributed by atoms with Gasteiger partial charge >= 0.3 is 11.9 Å². The van der Waals surface area contributed by atoms with E-state index in [4.69, 9.17) is 14.2 Å². The predicted molar refractivity (Wildman–Crippen MR) is 87.4 cm³/mol. The third-order valence-corrected chi connectivity index (χ3v) is 3.80. The normalized spacial score (nSPS) is 20.0. The zero-order valence-corrected chi connectivity index (χ0v) is 14.0. The average molecular weight is 350 g/mol. The summed E-state index contributed by atoms with van der Waals surface area (Å²) in [5, 5.41) is 2.82. The van der Waals surface area contributed by atoms with Gasteiger partial charge in [0.2, 0.25) is 0 Å². The first kappa shape index (κ1) is 17.2. The summed E-state index contributed by atoms with van der Waals surface area (Å²) in [5.41, 5.74) is 0.511. The van der Waals surface area contributed by atoms with Gasteiger partial charge in [-0.05, 0) is 12.1 Å². The van der Waals surface area contributed by atoms with Crippen LogP contribution in [0.4, 0.5) is 15.8 Å². The summed E-state index contributed by atoms with van der Waals surface area (Å²) >= 11 is 0. The van der Waals surface area contributed by atoms with E-state index in [1.165, 1.54) is 26.1 Å². The molecule has 0 radical (unpaired) electrons. The molecule has 2 heterocycles. The molecule has 0 amide bonds. The summed E-state index contributed by atoms with van der Waals surface area (Å²) in [7, 11) is 0. The fourth-order valence-corrected chi connectivity index (χ4v) is 2.67. The Morgan fingerprint density at radius 2 is 1.80 bits per heavy atom. The Labute approximate surface area is 144 Å². The molecule has 0 aromatic heterocycles. The highest BCUT2D eigenvalue weighted by Gasteiger charge is 2.39. The van der Waals surface area contributed by atoms with Gasteiger partial charge in [0.15, 0.2) is 5.57 Å². The first-order valence-electron chi connectivity index (χ1n) is 7.92. The summed E-state index contributed by atoms with van der Waals surface area (Å²) in [5.74, 6) is -3.29. The number of para-hydroxylation sites is 1. The molecule has 8 heteroatoms. The number of hydrogen-bond donors (Lipinski definition) is 1. The number of rotatable bonds is 3. The van der Waals surface area contributed by atoms with Gasteiger partial charge in [-0.25, -0.2) is 14.0 Å². The molecule has 0 saturated carbocycles. The third-order valence-electron chi connectivity index (χ3n) is 3.80. The fraction of sp³-hybridized carbons (Fsp3) is 0.412. The summed E-state index contributed by atoms with van der Waals surface area (Å²) in [6, 6.07) is 4.56. The molecular formula is C17H19FN2O5. The highest BCUT2D eigenvalue weighted by Crippen LogP contribution is 2.30. The zero-order chi connectivity index (χ0) is 18.0. The first-order valence-corrected chi connectivity index (χ1v) is 7.92. The second kappa shape index (κ2) is 6.72. The molecule has 7 nitrogen and oxygen atoms in total. The molecule has 3 rings (SSSR count). The van der Waals surface area contributed by atoms with E-state index < -0.39 is 23.5 Å². The van der Waals surface area contributed by atoms with Crippen molar-refractivity contribution in [2.75, 3.05) is 36.5 Å². The Bertz CT molecular complexity index is 704. The molecule has 2 fully saturated rings. The molecule has 1 aromatic carbocycles. The van der Waals surface area contributed by atoms with Crippen molar-refractivity contribution in [3.05, 3.63) is 35.8 Å². The molecule has 0 atom stereocenters. The molecule has 0 aliphatic carbocycles. The number of anilines is 2. The molecule has 25 heavy (non-hydrogen) atoms. The maximum absolute atomic E-state index is 14.3. The molecule has 1 N–H and O–H groups in total. The lowest BCUT2D eigenvalue weighted by atomic mass is 10.2. The number of hydrogen-bond acceptors (Lipinski definition) is 7. The average Bonchev–Trinajstić information content (AvgIpc) is 2.54. The molecular weight excluding hydrogens is 331 g/mol. The van der Waals surface area contributed by atoms with Crippen molar-refractivity contribution in [1.29, 1.82) is 0 Å². The Morgan fingerprint density at radius 1 is 1.16 bits per heavy atom. The largest absolute Gasteiger partial charge is 0.419 e. The Hall–Kier alpha value is -2.61. The molecule has 0 bridgehead atoms. The van der Waals surface area contributed by atoms with Crippen LogP contribution in [0.15, 0.2) is 30.0 Å². The maximum Gasteiger partial charge on any atom is 0.350 e. The quantitative estimate of drug-likeness (QED) is 0.506. The van der Waals surface area contributed by atoms with Gasteiger partial charge in [-0.2, -0.15) is 0 Å². The number of benzene rings is 1. The van der Waals surface area contributed by atoms with Crippen molar-refractivity contribution in [1.82, 2.24) is 0 Å². The zero-order valence-electron chi connectivity index (χ0n) is 14.0. The second-order valence-corrected chi connectivity index (χ2v) is 6.12. The first-order chi connectivity index (χ1) is 11.9. The van der Waals surface area contributed by atoms with Crippen LogP contribution < -0.4 is 10.2 Å². The SMILES string of the molecule is CC1(C)OC(=O)C(=CNc2cccc(F)c2N2CCOCC2)C(=O)O1. The van der Waals surface area contributed by atoms with Gasteiger partial charge in [-0.15, -0.1) is 0 Å². The Morgan fingerprint density at radius 3 is 2.44 bits per heavy atom. The van der Waals surface area contributed by atoms with Crippen LogP contribution in [-0.2, 0) is 23.8 Å². The minimum Gasteiger partial charge on any atom is -0.419 e. The van der Waals surface area contributed by atoms with Gasteiger partial charge in [0.1, 0.15) is 5.82 Å². The topological polar surface area (TPSA) is 77.1 Å². The fourth-order valence-electron chi connectivity index (χ4n) is 2.67. The second-order valence-electron chi connectivity index (χ2n) is 6.12. The van der Waals surface area contributed by atoms with Gasteiger partial charge in [-0.3, -0.25) is 0 Å². The van der Waals surface area contributed by atoms with Crippen LogP contribution in [0.2, 0.25) is 0 Å². The van der Waals surface area contributed by atoms with Crippen LogP contribution in [0.1, 0.15) is 13.8 Å². The Kier molecular flexibility index (Phi) is 4.63. The van der Waals surface area contributed by atoms with Gasteiger partial charge < -0.3 is 24.4 Å². The maximum atomic E-state index is 14.3. The third kappa shape index (κ3) is 3.74. The van der Waals surface area contributed by atoms with Crippen molar-refractivity contribution >= 4 is 23.3 Å². The van der Waals surface area contributed by atoms with E-state index in [1.807, 2.05) is 4.90 Å². The number of morpholine rings is 1. The lowest BCUT2D eigenvalue weighted by Gasteiger charge is -2.31. The van der Waals surface area contributed by atoms with Crippen molar-refractivity contribution in [2.24, 2.45) is 0 Å². The predicted octanol–water partition coefficient (Wildman–Crippen LogP) is 1.79. The van der Waals surface area contributed by atoms with Gasteiger partial charge in [-0.1, -0.05) is 6.07 Å². The van der Waals surface area contributed by atoms with Gasteiger partial charge in [0.25, 0.3) is 5.79 Å². The van der Waals surface area contributed by atoms with Crippen LogP contribution in [0.25, 0.3) is 0 Å². The van der Waals surface area contributed by atoms with Crippen LogP contribution in [-0.4, -0.2) is 44.0 Å². The van der Waals surface area contributed by atoms with Crippen LogP contribution in [0, 0.1) is 5.82 Å². The number of nitrogens with zero attached hydrogens (tertiary/aromatic N) is 1. The summed E-state index contributed by atoms with van der Waals surface area (Å²) < 4.78 is 29.7. The summed E-state index contributed by atoms with van der Waals surface area (Å²) in [4.78, 5) is 25.8. The number of cyclic esters (lactones) is 2. The van der Waals surface area contributed by atoms with Crippen molar-refractivity contribution in [2.45, 2.75) is 19.6 Å². The number of halogens is 1. The van der Waals surface area contributed by atoms with Crippen molar-refractivity contribution in [3.8, 4) is 0 Å². The van der Waals surface area contributed by atoms with Gasteiger partial charge in [0.05, 0.1) is 24.6 Å². The summed E-state index contributed by atoms with van der Waals surface area (Å²) in [6.07, 6.45) is 1.18. The number of nitrogens with one attached hydrogen (secondary N) is 1. The highest BCUT2D eigenvalue weighted by atomic mass is 19.1. The van der Waals surface area contributed by atoms with E-state index in [9.17, 15) is 14.0 Å². The minimum absolute atomic E-state index is 0.281. The van der Waals surface area contributed by atoms with Crippen molar-refractivity contribution in [3.63, 3.8) is 0 Å². The standard InChI is InChI=1S/C17H19FN2O5/c1-17(2)24-15(21)11(16(22)25-17)10-19-13-5-3-4-12(18)14(13)20-6-8-23-9-7-20/h3-5,10,19H,6-9H2,1-2H3. The monoisotopic (exact) mass is 350 g/mol. The number of ether oxygens (including phenoxy) is 3. The lowest BCUT2D eigenvalue weighted by molar-refractivity contribution is -0.222. The lowest BCUT2D eigenvalue weighted by Crippen LogP contribution is -2.42. The Balaban J connectivity index is 1.85. The van der Waals surface area contributed by atoms with E-state index in [1.54, 1.807) is 12.1 Å². The molecule has 2 aliphatic rings. The van der Waals surface area contributed by atoms with Gasteiger partial charge in [0, 0.05) is 33.1 Å². The van der Waals surface area contributed by atoms with E-state index in [0.29, 0.717) is 37.7 Å². The van der Waals surface area contributed by atoms with Crippen molar-refractivity contribution < 1.29 is 28.2 Å². The van der Waals surface area contributed by atoms with E-state index in [-0.39, 0.29) is 5.57 Å². The molecule has 0 unspecified atom stereocenters. The molecule has 2 saturated heterocycles. The van der Waals surface area contributed by atoms with Crippen LogP contribution in [0.5, 0.6) is 0 Å².